The first-order valence-electron chi connectivity index (χ1n) is 20.9. The first kappa shape index (κ1) is 55.0. The predicted octanol–water partition coefficient (Wildman–Crippen LogP) is 6.00. The van der Waals surface area contributed by atoms with Gasteiger partial charge in [-0.25, -0.2) is 16.8 Å². The van der Waals surface area contributed by atoms with Crippen molar-refractivity contribution < 1.29 is 75.6 Å². The zero-order valence-corrected chi connectivity index (χ0v) is 39.4. The maximum atomic E-state index is 12.7. The van der Waals surface area contributed by atoms with E-state index in [1.54, 1.807) is 48.5 Å². The van der Waals surface area contributed by atoms with Crippen LogP contribution in [-0.2, 0) is 34.0 Å². The average molecular weight is 903 g/mol. The summed E-state index contributed by atoms with van der Waals surface area (Å²) < 4.78 is 64.7. The van der Waals surface area contributed by atoms with Crippen molar-refractivity contribution in [2.45, 2.75) is 94.8 Å². The maximum absolute atomic E-state index is 12.7. The van der Waals surface area contributed by atoms with Gasteiger partial charge in [-0.15, -0.1) is 0 Å². The maximum Gasteiger partial charge on any atom is 1.00 e. The first-order chi connectivity index (χ1) is 28.3. The molecule has 15 heteroatoms. The number of aliphatic carboxylic acids is 1. The van der Waals surface area contributed by atoms with Gasteiger partial charge in [-0.1, -0.05) is 64.1 Å². The molecule has 2 saturated carbocycles. The van der Waals surface area contributed by atoms with Gasteiger partial charge >= 0.3 is 30.8 Å². The Morgan fingerprint density at radius 2 is 1.00 bits per heavy atom. The van der Waals surface area contributed by atoms with E-state index in [-0.39, 0.29) is 57.4 Å². The molecule has 0 bridgehead atoms. The van der Waals surface area contributed by atoms with Crippen LogP contribution < -0.4 is 28.3 Å². The number of hydrogen-bond acceptors (Lipinski definition) is 10. The Morgan fingerprint density at radius 1 is 0.635 bits per heavy atom. The topological polar surface area (TPSA) is 212 Å². The van der Waals surface area contributed by atoms with Gasteiger partial charge in [0, 0.05) is 23.6 Å². The fraction of sp³-hybridized carbons (Fsp3) is 0.458. The second-order valence-corrected chi connectivity index (χ2v) is 21.1. The fourth-order valence-corrected chi connectivity index (χ4v) is 8.17. The number of carbonyl (C=O) groups excluding carboxylic acids is 1. The third kappa shape index (κ3) is 16.4. The fourth-order valence-electron chi connectivity index (χ4n) is 6.91. The number of carboxylic acids is 1. The number of esters is 1. The molecule has 0 radical (unpaired) electrons. The molecule has 0 amide bonds. The van der Waals surface area contributed by atoms with Gasteiger partial charge in [0.1, 0.15) is 11.5 Å². The van der Waals surface area contributed by atoms with Crippen LogP contribution in [0, 0.1) is 23.7 Å². The van der Waals surface area contributed by atoms with E-state index in [2.05, 4.69) is 13.8 Å². The van der Waals surface area contributed by atoms with Crippen molar-refractivity contribution >= 4 is 31.6 Å². The number of hydrogen-bond donors (Lipinski definition) is 1. The van der Waals surface area contributed by atoms with E-state index in [0.29, 0.717) is 56.2 Å². The molecule has 2 aliphatic rings. The molecule has 4 aromatic rings. The number of sulfone groups is 2. The summed E-state index contributed by atoms with van der Waals surface area (Å²) in [6.45, 7) is 11.7. The molecule has 2 atom stereocenters. The SMILES string of the molecule is CC(C)CC(C(=O)O)c1ccc(OCC2CC2)c(-c2ccc(S(C)(=O)=O)cc2)c1.CCOC(=O)C(CC(C)C)c1ccc(OCC2CC2)c(-c2ccc(S(C)(=O)=O)cc2)c1.O.[Li+].[OH-]. The van der Waals surface area contributed by atoms with Crippen LogP contribution in [0.3, 0.4) is 0 Å². The summed E-state index contributed by atoms with van der Waals surface area (Å²) in [6, 6.07) is 24.8. The Balaban J connectivity index is 0.000000415. The van der Waals surface area contributed by atoms with E-state index in [9.17, 15) is 31.5 Å². The van der Waals surface area contributed by atoms with E-state index < -0.39 is 31.6 Å². The van der Waals surface area contributed by atoms with E-state index >= 15 is 0 Å². The Hall–Kier alpha value is -4.16. The standard InChI is InChI=1S/C25H32O5S.C23H28O5S.Li.2H2O/c1-5-29-25(26)23(14-17(2)3)20-10-13-24(30-16-18-6-7-18)22(15-20)19-8-11-21(12-9-19)31(4,27)28;1-15(2)12-21(23(24)25)18-8-11-22(28-14-16-4-5-16)20(13-18)17-6-9-19(10-7-17)29(3,26)27;;;/h8-13,15,17-18,23H,5-7,14,16H2,1-4H3;6-11,13,15-16,21H,4-5,12,14H2,1-3H3,(H,24,25);;2*1H2/q;;+1;;/p-1. The van der Waals surface area contributed by atoms with Crippen molar-refractivity contribution in [2.75, 3.05) is 32.3 Å². The second kappa shape index (κ2) is 24.2. The van der Waals surface area contributed by atoms with Crippen molar-refractivity contribution in [3.63, 3.8) is 0 Å². The molecule has 12 nitrogen and oxygen atoms in total. The smallest absolute Gasteiger partial charge is 0.870 e. The number of carboxylic acid groups (broad SMARTS) is 1. The molecule has 0 saturated heterocycles. The van der Waals surface area contributed by atoms with Gasteiger partial charge in [0.15, 0.2) is 19.7 Å². The van der Waals surface area contributed by atoms with Gasteiger partial charge < -0.3 is 30.3 Å². The van der Waals surface area contributed by atoms with Gasteiger partial charge in [-0.05, 0) is 140 Å². The van der Waals surface area contributed by atoms with Crippen molar-refractivity contribution in [1.29, 1.82) is 0 Å². The molecule has 6 rings (SSSR count). The van der Waals surface area contributed by atoms with Gasteiger partial charge in [-0.3, -0.25) is 9.59 Å². The summed E-state index contributed by atoms with van der Waals surface area (Å²) in [6.07, 6.45) is 8.33. The quantitative estimate of drug-likeness (QED) is 0.0852. The summed E-state index contributed by atoms with van der Waals surface area (Å²) in [4.78, 5) is 25.0. The van der Waals surface area contributed by atoms with Gasteiger partial charge in [-0.2, -0.15) is 0 Å². The Bertz CT molecular complexity index is 2320. The first-order valence-corrected chi connectivity index (χ1v) is 24.7. The predicted molar refractivity (Wildman–Crippen MR) is 241 cm³/mol. The summed E-state index contributed by atoms with van der Waals surface area (Å²) in [5, 5.41) is 9.72. The monoisotopic (exact) mass is 902 g/mol. The molecule has 2 aliphatic carbocycles. The van der Waals surface area contributed by atoms with Gasteiger partial charge in [0.2, 0.25) is 0 Å². The molecule has 0 heterocycles. The van der Waals surface area contributed by atoms with Crippen LogP contribution >= 0.6 is 0 Å². The van der Waals surface area contributed by atoms with Gasteiger partial charge in [0.25, 0.3) is 0 Å². The third-order valence-electron chi connectivity index (χ3n) is 10.6. The van der Waals surface area contributed by atoms with Crippen molar-refractivity contribution in [3.8, 4) is 33.8 Å². The van der Waals surface area contributed by atoms with Gasteiger partial charge in [0.05, 0.1) is 41.4 Å². The number of benzene rings is 4. The van der Waals surface area contributed by atoms with E-state index in [0.717, 1.165) is 39.1 Å². The number of rotatable bonds is 19. The molecule has 0 spiro atoms. The van der Waals surface area contributed by atoms with E-state index in [4.69, 9.17) is 14.2 Å². The van der Waals surface area contributed by atoms with Crippen LogP contribution in [0.1, 0.15) is 96.1 Å². The van der Waals surface area contributed by atoms with Crippen LogP contribution in [0.15, 0.2) is 94.7 Å². The summed E-state index contributed by atoms with van der Waals surface area (Å²) in [5.74, 6) is 1.20. The average Bonchev–Trinajstić information content (AvgIpc) is 4.14. The summed E-state index contributed by atoms with van der Waals surface area (Å²) >= 11 is 0. The molecule has 0 aromatic heterocycles. The van der Waals surface area contributed by atoms with Crippen LogP contribution in [0.5, 0.6) is 11.5 Å². The molecule has 4 aromatic carbocycles. The Kier molecular flexibility index (Phi) is 21.1. The zero-order valence-electron chi connectivity index (χ0n) is 37.8. The molecule has 63 heavy (non-hydrogen) atoms. The normalized spacial score (nSPS) is 14.4. The largest absolute Gasteiger partial charge is 1.00 e. The minimum absolute atomic E-state index is 0. The van der Waals surface area contributed by atoms with Crippen LogP contribution in [0.4, 0.5) is 0 Å². The molecule has 4 N–H and O–H groups in total. The molecule has 2 fully saturated rings. The summed E-state index contributed by atoms with van der Waals surface area (Å²) in [5.41, 5.74) is 4.92. The molecule has 340 valence electrons. The van der Waals surface area contributed by atoms with Crippen molar-refractivity contribution in [2.24, 2.45) is 23.7 Å². The molecular formula is C48H63LiO12S2. The second-order valence-electron chi connectivity index (χ2n) is 17.1. The summed E-state index contributed by atoms with van der Waals surface area (Å²) in [7, 11) is -6.55. The minimum atomic E-state index is -3.28. The molecule has 2 unspecified atom stereocenters. The van der Waals surface area contributed by atoms with Crippen LogP contribution in [0.25, 0.3) is 22.3 Å². The Morgan fingerprint density at radius 3 is 1.32 bits per heavy atom. The van der Waals surface area contributed by atoms with Crippen molar-refractivity contribution in [3.05, 3.63) is 96.1 Å². The molecule has 0 aliphatic heterocycles. The van der Waals surface area contributed by atoms with Crippen LogP contribution in [0.2, 0.25) is 0 Å². The number of ether oxygens (including phenoxy) is 3. The molecular weight excluding hydrogens is 840 g/mol. The number of carbonyl (C=O) groups is 2. The van der Waals surface area contributed by atoms with Crippen LogP contribution in [-0.4, -0.2) is 77.2 Å². The Labute approximate surface area is 385 Å². The van der Waals surface area contributed by atoms with E-state index in [1.807, 2.05) is 57.2 Å². The minimum Gasteiger partial charge on any atom is -0.870 e. The van der Waals surface area contributed by atoms with E-state index in [1.165, 1.54) is 38.2 Å². The van der Waals surface area contributed by atoms with Crippen molar-refractivity contribution in [1.82, 2.24) is 0 Å². The third-order valence-corrected chi connectivity index (χ3v) is 12.9. The zero-order chi connectivity index (χ0) is 43.8.